The van der Waals surface area contributed by atoms with E-state index in [1.54, 1.807) is 25.8 Å². The van der Waals surface area contributed by atoms with Gasteiger partial charge in [-0.05, 0) is 26.2 Å². The highest BCUT2D eigenvalue weighted by molar-refractivity contribution is 5.77. The van der Waals surface area contributed by atoms with Crippen molar-refractivity contribution < 1.29 is 14.7 Å². The number of carbonyl (C=O) groups is 2. The predicted molar refractivity (Wildman–Crippen MR) is 71.5 cm³/mol. The van der Waals surface area contributed by atoms with E-state index < -0.39 is 11.4 Å². The van der Waals surface area contributed by atoms with Crippen LogP contribution in [0.5, 0.6) is 0 Å². The van der Waals surface area contributed by atoms with Crippen LogP contribution in [0.1, 0.15) is 41.0 Å². The first-order valence-electron chi connectivity index (χ1n) is 6.39. The van der Waals surface area contributed by atoms with Crippen LogP contribution in [0.3, 0.4) is 0 Å². The van der Waals surface area contributed by atoms with Crippen molar-refractivity contribution in [3.8, 4) is 0 Å². The second-order valence-electron chi connectivity index (χ2n) is 5.47. The summed E-state index contributed by atoms with van der Waals surface area (Å²) < 4.78 is 0. The van der Waals surface area contributed by atoms with E-state index in [9.17, 15) is 9.59 Å². The lowest BCUT2D eigenvalue weighted by Crippen LogP contribution is -2.48. The van der Waals surface area contributed by atoms with Gasteiger partial charge < -0.3 is 15.3 Å². The van der Waals surface area contributed by atoms with Crippen LogP contribution >= 0.6 is 0 Å². The number of aliphatic carboxylic acids is 1. The lowest BCUT2D eigenvalue weighted by atomic mass is 9.88. The Hall–Kier alpha value is -1.26. The Balaban J connectivity index is 4.46. The number of carbonyl (C=O) groups excluding carboxylic acids is 1. The van der Waals surface area contributed by atoms with Crippen LogP contribution in [0, 0.1) is 11.3 Å². The Kier molecular flexibility index (Phi) is 6.15. The zero-order valence-corrected chi connectivity index (χ0v) is 12.3. The number of rotatable bonds is 6. The van der Waals surface area contributed by atoms with E-state index in [0.717, 1.165) is 0 Å². The zero-order valence-electron chi connectivity index (χ0n) is 12.3. The summed E-state index contributed by atoms with van der Waals surface area (Å²) in [4.78, 5) is 24.6. The molecular formula is C13H26N2O3. The second-order valence-corrected chi connectivity index (χ2v) is 5.47. The molecule has 2 N–H and O–H groups in total. The van der Waals surface area contributed by atoms with Gasteiger partial charge in [0.1, 0.15) is 0 Å². The van der Waals surface area contributed by atoms with Gasteiger partial charge >= 0.3 is 12.0 Å². The SMILES string of the molecule is CCC(C)(CNC(=O)N(C)C(C)C(C)C)C(=O)O. The molecule has 0 aromatic rings. The summed E-state index contributed by atoms with van der Waals surface area (Å²) in [5, 5.41) is 11.8. The summed E-state index contributed by atoms with van der Waals surface area (Å²) in [7, 11) is 1.73. The number of hydrogen-bond acceptors (Lipinski definition) is 2. The summed E-state index contributed by atoms with van der Waals surface area (Å²) in [6, 6.07) is -0.111. The lowest BCUT2D eigenvalue weighted by molar-refractivity contribution is -0.147. The quantitative estimate of drug-likeness (QED) is 0.767. The second kappa shape index (κ2) is 6.61. The number of nitrogens with one attached hydrogen (secondary N) is 1. The molecule has 5 heteroatoms. The molecule has 5 nitrogen and oxygen atoms in total. The molecule has 0 saturated carbocycles. The van der Waals surface area contributed by atoms with Gasteiger partial charge in [0.25, 0.3) is 0 Å². The first-order chi connectivity index (χ1) is 8.15. The number of urea groups is 1. The Morgan fingerprint density at radius 3 is 2.17 bits per heavy atom. The molecular weight excluding hydrogens is 232 g/mol. The van der Waals surface area contributed by atoms with Crippen molar-refractivity contribution >= 4 is 12.0 Å². The third-order valence-corrected chi connectivity index (χ3v) is 3.82. The molecule has 0 aliphatic heterocycles. The molecule has 0 aliphatic rings. The van der Waals surface area contributed by atoms with Crippen LogP contribution in [-0.4, -0.2) is 41.6 Å². The van der Waals surface area contributed by atoms with Crippen LogP contribution in [-0.2, 0) is 4.79 Å². The molecule has 0 fully saturated rings. The average molecular weight is 258 g/mol. The summed E-state index contributed by atoms with van der Waals surface area (Å²) in [6.07, 6.45) is 0.478. The molecule has 0 spiro atoms. The van der Waals surface area contributed by atoms with Crippen molar-refractivity contribution in [3.63, 3.8) is 0 Å². The summed E-state index contributed by atoms with van der Waals surface area (Å²) >= 11 is 0. The number of carboxylic acid groups (broad SMARTS) is 1. The molecule has 0 radical (unpaired) electrons. The van der Waals surface area contributed by atoms with E-state index in [0.29, 0.717) is 12.3 Å². The van der Waals surface area contributed by atoms with Gasteiger partial charge in [0.2, 0.25) is 0 Å². The molecule has 0 bridgehead atoms. The molecule has 18 heavy (non-hydrogen) atoms. The van der Waals surface area contributed by atoms with Crippen LogP contribution in [0.25, 0.3) is 0 Å². The average Bonchev–Trinajstić information content (AvgIpc) is 2.32. The largest absolute Gasteiger partial charge is 0.481 e. The van der Waals surface area contributed by atoms with Gasteiger partial charge in [0, 0.05) is 19.6 Å². The fraction of sp³-hybridized carbons (Fsp3) is 0.846. The highest BCUT2D eigenvalue weighted by atomic mass is 16.4. The molecule has 2 unspecified atom stereocenters. The van der Waals surface area contributed by atoms with E-state index >= 15 is 0 Å². The minimum absolute atomic E-state index is 0.114. The maximum Gasteiger partial charge on any atom is 0.317 e. The van der Waals surface area contributed by atoms with Crippen molar-refractivity contribution in [2.45, 2.75) is 47.1 Å². The van der Waals surface area contributed by atoms with E-state index in [1.165, 1.54) is 0 Å². The predicted octanol–water partition coefficient (Wildman–Crippen LogP) is 2.17. The topological polar surface area (TPSA) is 69.6 Å². The van der Waals surface area contributed by atoms with Gasteiger partial charge in [0.15, 0.2) is 0 Å². The van der Waals surface area contributed by atoms with Gasteiger partial charge in [-0.15, -0.1) is 0 Å². The summed E-state index contributed by atoms with van der Waals surface area (Å²) in [6.45, 7) is 9.65. The van der Waals surface area contributed by atoms with Crippen LogP contribution in [0.4, 0.5) is 4.79 Å². The molecule has 0 aromatic heterocycles. The van der Waals surface area contributed by atoms with Gasteiger partial charge in [-0.2, -0.15) is 0 Å². The van der Waals surface area contributed by atoms with Crippen molar-refractivity contribution in [2.75, 3.05) is 13.6 Å². The van der Waals surface area contributed by atoms with Crippen molar-refractivity contribution in [1.82, 2.24) is 10.2 Å². The Morgan fingerprint density at radius 2 is 1.83 bits per heavy atom. The Labute approximate surface area is 110 Å². The maximum absolute atomic E-state index is 11.9. The minimum atomic E-state index is -0.905. The smallest absolute Gasteiger partial charge is 0.317 e. The number of amides is 2. The van der Waals surface area contributed by atoms with Crippen LogP contribution in [0.15, 0.2) is 0 Å². The molecule has 0 aromatic carbocycles. The van der Waals surface area contributed by atoms with E-state index in [4.69, 9.17) is 5.11 Å². The fourth-order valence-electron chi connectivity index (χ4n) is 1.38. The van der Waals surface area contributed by atoms with Crippen molar-refractivity contribution in [1.29, 1.82) is 0 Å². The molecule has 2 amide bonds. The van der Waals surface area contributed by atoms with Crippen LogP contribution < -0.4 is 5.32 Å². The maximum atomic E-state index is 11.9. The van der Waals surface area contributed by atoms with E-state index in [-0.39, 0.29) is 18.6 Å². The molecule has 0 heterocycles. The van der Waals surface area contributed by atoms with E-state index in [1.807, 2.05) is 20.8 Å². The first kappa shape index (κ1) is 16.7. The van der Waals surface area contributed by atoms with Gasteiger partial charge in [-0.3, -0.25) is 4.79 Å². The number of carboxylic acids is 1. The molecule has 0 aliphatic carbocycles. The monoisotopic (exact) mass is 258 g/mol. The molecule has 106 valence electrons. The number of hydrogen-bond donors (Lipinski definition) is 2. The van der Waals surface area contributed by atoms with Gasteiger partial charge in [-0.1, -0.05) is 20.8 Å². The third kappa shape index (κ3) is 4.20. The van der Waals surface area contributed by atoms with Gasteiger partial charge in [-0.25, -0.2) is 4.79 Å². The summed E-state index contributed by atoms with van der Waals surface area (Å²) in [5.41, 5.74) is -0.905. The molecule has 2 atom stereocenters. The van der Waals surface area contributed by atoms with Crippen molar-refractivity contribution in [3.05, 3.63) is 0 Å². The van der Waals surface area contributed by atoms with Crippen molar-refractivity contribution in [2.24, 2.45) is 11.3 Å². The Bertz CT molecular complexity index is 305. The van der Waals surface area contributed by atoms with Gasteiger partial charge in [0.05, 0.1) is 5.41 Å². The third-order valence-electron chi connectivity index (χ3n) is 3.82. The Morgan fingerprint density at radius 1 is 1.33 bits per heavy atom. The van der Waals surface area contributed by atoms with Crippen LogP contribution in [0.2, 0.25) is 0 Å². The fourth-order valence-corrected chi connectivity index (χ4v) is 1.38. The standard InChI is InChI=1S/C13H26N2O3/c1-7-13(5,11(16)17)8-14-12(18)15(6)10(4)9(2)3/h9-10H,7-8H2,1-6H3,(H,14,18)(H,16,17). The molecule has 0 rings (SSSR count). The first-order valence-corrected chi connectivity index (χ1v) is 6.39. The highest BCUT2D eigenvalue weighted by Gasteiger charge is 2.32. The zero-order chi connectivity index (χ0) is 14.5. The molecule has 0 saturated heterocycles. The highest BCUT2D eigenvalue weighted by Crippen LogP contribution is 2.20. The normalized spacial score (nSPS) is 15.9. The van der Waals surface area contributed by atoms with E-state index in [2.05, 4.69) is 5.32 Å². The minimum Gasteiger partial charge on any atom is -0.481 e. The summed E-state index contributed by atoms with van der Waals surface area (Å²) in [5.74, 6) is -0.525. The number of nitrogens with zero attached hydrogens (tertiary/aromatic N) is 1. The lowest BCUT2D eigenvalue weighted by Gasteiger charge is -2.30.